The molecule has 0 saturated heterocycles. The molecule has 2 rings (SSSR count). The Labute approximate surface area is 112 Å². The van der Waals surface area contributed by atoms with E-state index in [0.29, 0.717) is 11.3 Å². The van der Waals surface area contributed by atoms with Crippen LogP contribution in [0.25, 0.3) is 5.57 Å². The van der Waals surface area contributed by atoms with E-state index in [9.17, 15) is 9.59 Å². The molecule has 1 heterocycles. The first-order valence-electron chi connectivity index (χ1n) is 4.99. The second-order valence-corrected chi connectivity index (χ2v) is 4.67. The molecule has 2 N–H and O–H groups in total. The number of primary amides is 1. The topological polar surface area (TPSA) is 87.2 Å². The zero-order valence-corrected chi connectivity index (χ0v) is 11.0. The van der Waals surface area contributed by atoms with Crippen molar-refractivity contribution in [2.75, 3.05) is 11.9 Å². The molecule has 1 aliphatic rings. The fourth-order valence-corrected chi connectivity index (χ4v) is 2.23. The summed E-state index contributed by atoms with van der Waals surface area (Å²) < 4.78 is 0.753. The number of likely N-dealkylation sites (N-methyl/N-ethyl adjacent to an activating group) is 1. The largest absolute Gasteiger partial charge is 0.365 e. The van der Waals surface area contributed by atoms with Gasteiger partial charge in [0.25, 0.3) is 11.8 Å². The Hall–Kier alpha value is -2.13. The summed E-state index contributed by atoms with van der Waals surface area (Å²) >= 11 is 3.29. The van der Waals surface area contributed by atoms with Crippen molar-refractivity contribution in [2.24, 2.45) is 5.73 Å². The van der Waals surface area contributed by atoms with Gasteiger partial charge in [0.15, 0.2) is 0 Å². The number of benzene rings is 1. The third kappa shape index (κ3) is 1.69. The number of halogens is 1. The highest BCUT2D eigenvalue weighted by molar-refractivity contribution is 9.10. The van der Waals surface area contributed by atoms with E-state index in [1.807, 2.05) is 0 Å². The van der Waals surface area contributed by atoms with Gasteiger partial charge in [-0.3, -0.25) is 9.59 Å². The highest BCUT2D eigenvalue weighted by atomic mass is 79.9. The molecule has 1 aliphatic heterocycles. The quantitative estimate of drug-likeness (QED) is 0.624. The SMILES string of the molecule is CN1C(=O)/C(=C(/C#N)C(N)=O)c2cc(Br)ccc21. The van der Waals surface area contributed by atoms with Crippen LogP contribution in [0.4, 0.5) is 5.69 Å². The lowest BCUT2D eigenvalue weighted by Gasteiger charge is -2.08. The highest BCUT2D eigenvalue weighted by Crippen LogP contribution is 2.38. The summed E-state index contributed by atoms with van der Waals surface area (Å²) in [5.74, 6) is -1.31. The molecule has 0 bridgehead atoms. The Morgan fingerprint density at radius 1 is 1.50 bits per heavy atom. The fourth-order valence-electron chi connectivity index (χ4n) is 1.87. The predicted octanol–water partition coefficient (Wildman–Crippen LogP) is 1.19. The molecular formula is C12H8BrN3O2. The number of anilines is 1. The van der Waals surface area contributed by atoms with Crippen molar-refractivity contribution < 1.29 is 9.59 Å². The van der Waals surface area contributed by atoms with Crippen LogP contribution in [0.5, 0.6) is 0 Å². The van der Waals surface area contributed by atoms with Crippen LogP contribution in [-0.4, -0.2) is 18.9 Å². The maximum atomic E-state index is 12.1. The van der Waals surface area contributed by atoms with Gasteiger partial charge < -0.3 is 10.6 Å². The first-order chi connectivity index (χ1) is 8.47. The molecule has 0 radical (unpaired) electrons. The van der Waals surface area contributed by atoms with Crippen LogP contribution in [0.3, 0.4) is 0 Å². The van der Waals surface area contributed by atoms with Crippen molar-refractivity contribution in [1.29, 1.82) is 5.26 Å². The molecule has 1 aromatic carbocycles. The van der Waals surface area contributed by atoms with Gasteiger partial charge >= 0.3 is 0 Å². The number of nitriles is 1. The van der Waals surface area contributed by atoms with E-state index in [1.165, 1.54) is 4.90 Å². The van der Waals surface area contributed by atoms with Crippen LogP contribution in [-0.2, 0) is 9.59 Å². The van der Waals surface area contributed by atoms with Crippen LogP contribution < -0.4 is 10.6 Å². The zero-order chi connectivity index (χ0) is 13.4. The summed E-state index contributed by atoms with van der Waals surface area (Å²) in [6.07, 6.45) is 0. The minimum absolute atomic E-state index is 0.0591. The molecule has 0 aliphatic carbocycles. The minimum Gasteiger partial charge on any atom is -0.365 e. The smallest absolute Gasteiger partial charge is 0.260 e. The molecule has 5 nitrogen and oxygen atoms in total. The molecule has 0 spiro atoms. The average molecular weight is 306 g/mol. The van der Waals surface area contributed by atoms with Crippen molar-refractivity contribution in [2.45, 2.75) is 0 Å². The molecule has 90 valence electrons. The van der Waals surface area contributed by atoms with Gasteiger partial charge in [-0.25, -0.2) is 0 Å². The maximum Gasteiger partial charge on any atom is 0.260 e. The lowest BCUT2D eigenvalue weighted by atomic mass is 10.0. The minimum atomic E-state index is -0.901. The van der Waals surface area contributed by atoms with Gasteiger partial charge in [-0.2, -0.15) is 5.26 Å². The summed E-state index contributed by atoms with van der Waals surface area (Å²) in [5.41, 5.74) is 6.05. The number of hydrogen-bond donors (Lipinski definition) is 1. The normalized spacial score (nSPS) is 16.3. The van der Waals surface area contributed by atoms with Crippen molar-refractivity contribution in [3.8, 4) is 6.07 Å². The van der Waals surface area contributed by atoms with E-state index in [-0.39, 0.29) is 11.1 Å². The lowest BCUT2D eigenvalue weighted by Crippen LogP contribution is -2.23. The van der Waals surface area contributed by atoms with Crippen molar-refractivity contribution in [3.05, 3.63) is 33.8 Å². The number of nitrogens with two attached hydrogens (primary N) is 1. The standard InChI is InChI=1S/C12H8BrN3O2/c1-16-9-3-2-6(13)4-7(9)10(12(16)18)8(5-14)11(15)17/h2-4H,1H3,(H2,15,17)/b10-8-. The zero-order valence-electron chi connectivity index (χ0n) is 9.40. The summed E-state index contributed by atoms with van der Waals surface area (Å²) in [4.78, 5) is 24.7. The first-order valence-corrected chi connectivity index (χ1v) is 5.78. The Morgan fingerprint density at radius 2 is 2.17 bits per heavy atom. The van der Waals surface area contributed by atoms with E-state index in [4.69, 9.17) is 11.0 Å². The van der Waals surface area contributed by atoms with Crippen LogP contribution >= 0.6 is 15.9 Å². The van der Waals surface area contributed by atoms with Crippen LogP contribution in [0.2, 0.25) is 0 Å². The fraction of sp³-hybridized carbons (Fsp3) is 0.0833. The Bertz CT molecular complexity index is 643. The van der Waals surface area contributed by atoms with E-state index in [0.717, 1.165) is 4.47 Å². The summed E-state index contributed by atoms with van der Waals surface area (Å²) in [6.45, 7) is 0. The number of nitrogens with zero attached hydrogens (tertiary/aromatic N) is 2. The third-order valence-corrected chi connectivity index (χ3v) is 3.21. The van der Waals surface area contributed by atoms with Gasteiger partial charge in [0, 0.05) is 17.1 Å². The predicted molar refractivity (Wildman–Crippen MR) is 69.3 cm³/mol. The number of carbonyl (C=O) groups is 2. The van der Waals surface area contributed by atoms with Crippen LogP contribution in [0.15, 0.2) is 28.2 Å². The molecule has 2 amide bonds. The number of carbonyl (C=O) groups excluding carboxylic acids is 2. The van der Waals surface area contributed by atoms with E-state index in [1.54, 1.807) is 31.3 Å². The highest BCUT2D eigenvalue weighted by Gasteiger charge is 2.33. The number of amides is 2. The summed E-state index contributed by atoms with van der Waals surface area (Å²) in [6, 6.07) is 6.90. The molecular weight excluding hydrogens is 298 g/mol. The molecule has 18 heavy (non-hydrogen) atoms. The number of fused-ring (bicyclic) bond motifs is 1. The molecule has 0 atom stereocenters. The molecule has 1 aromatic rings. The van der Waals surface area contributed by atoms with Crippen LogP contribution in [0, 0.1) is 11.3 Å². The van der Waals surface area contributed by atoms with Gasteiger partial charge in [-0.15, -0.1) is 0 Å². The molecule has 0 aromatic heterocycles. The number of rotatable bonds is 1. The van der Waals surface area contributed by atoms with E-state index >= 15 is 0 Å². The van der Waals surface area contributed by atoms with Gasteiger partial charge in [0.1, 0.15) is 11.6 Å². The van der Waals surface area contributed by atoms with E-state index < -0.39 is 11.8 Å². The van der Waals surface area contributed by atoms with Crippen molar-refractivity contribution in [3.63, 3.8) is 0 Å². The monoisotopic (exact) mass is 305 g/mol. The summed E-state index contributed by atoms with van der Waals surface area (Å²) in [5, 5.41) is 8.96. The summed E-state index contributed by atoms with van der Waals surface area (Å²) in [7, 11) is 1.58. The maximum absolute atomic E-state index is 12.1. The van der Waals surface area contributed by atoms with Crippen LogP contribution in [0.1, 0.15) is 5.56 Å². The first kappa shape index (κ1) is 12.3. The number of hydrogen-bond acceptors (Lipinski definition) is 3. The van der Waals surface area contributed by atoms with E-state index in [2.05, 4.69) is 15.9 Å². The second-order valence-electron chi connectivity index (χ2n) is 3.75. The van der Waals surface area contributed by atoms with Crippen molar-refractivity contribution >= 4 is 39.0 Å². The van der Waals surface area contributed by atoms with Gasteiger partial charge in [-0.1, -0.05) is 15.9 Å². The molecule has 0 fully saturated rings. The Morgan fingerprint density at radius 3 is 2.72 bits per heavy atom. The Balaban J connectivity index is 2.81. The van der Waals surface area contributed by atoms with Gasteiger partial charge in [0.2, 0.25) is 0 Å². The molecule has 6 heteroatoms. The lowest BCUT2D eigenvalue weighted by molar-refractivity contribution is -0.115. The average Bonchev–Trinajstić information content (AvgIpc) is 2.54. The van der Waals surface area contributed by atoms with Crippen molar-refractivity contribution in [1.82, 2.24) is 0 Å². The second kappa shape index (κ2) is 4.27. The van der Waals surface area contributed by atoms with Gasteiger partial charge in [-0.05, 0) is 18.2 Å². The Kier molecular flexibility index (Phi) is 2.93. The molecule has 0 unspecified atom stereocenters. The van der Waals surface area contributed by atoms with Gasteiger partial charge in [0.05, 0.1) is 11.3 Å². The third-order valence-electron chi connectivity index (χ3n) is 2.72. The molecule has 0 saturated carbocycles.